The Bertz CT molecular complexity index is 683. The summed E-state index contributed by atoms with van der Waals surface area (Å²) in [6.07, 6.45) is 1.77. The molecule has 114 valence electrons. The fourth-order valence-electron chi connectivity index (χ4n) is 1.46. The SMILES string of the molecule is C=CCSc1nnc(NC(=O)c2ccc(OC(C)=O)cc2)s1. The highest BCUT2D eigenvalue weighted by Crippen LogP contribution is 2.25. The molecule has 1 aromatic heterocycles. The topological polar surface area (TPSA) is 81.2 Å². The second-order valence-electron chi connectivity index (χ2n) is 4.04. The Hall–Kier alpha value is -2.19. The number of amides is 1. The minimum Gasteiger partial charge on any atom is -0.427 e. The summed E-state index contributed by atoms with van der Waals surface area (Å²) in [5.74, 6) is 0.421. The molecule has 0 unspecified atom stereocenters. The van der Waals surface area contributed by atoms with E-state index in [1.54, 1.807) is 30.3 Å². The molecule has 1 amide bonds. The van der Waals surface area contributed by atoms with Crippen LogP contribution in [0, 0.1) is 0 Å². The number of carbonyl (C=O) groups is 2. The Morgan fingerprint density at radius 3 is 2.73 bits per heavy atom. The first-order valence-electron chi connectivity index (χ1n) is 6.25. The van der Waals surface area contributed by atoms with Crippen molar-refractivity contribution in [2.75, 3.05) is 11.1 Å². The van der Waals surface area contributed by atoms with Crippen molar-refractivity contribution in [2.45, 2.75) is 11.3 Å². The lowest BCUT2D eigenvalue weighted by molar-refractivity contribution is -0.131. The number of hydrogen-bond acceptors (Lipinski definition) is 7. The third-order valence-corrected chi connectivity index (χ3v) is 4.30. The lowest BCUT2D eigenvalue weighted by Gasteiger charge is -2.03. The van der Waals surface area contributed by atoms with Crippen LogP contribution in [-0.4, -0.2) is 27.8 Å². The molecule has 2 rings (SSSR count). The standard InChI is InChI=1S/C14H13N3O3S2/c1-3-8-21-14-17-16-13(22-14)15-12(19)10-4-6-11(7-5-10)20-9(2)18/h3-7H,1,8H2,2H3,(H,15,16,19). The van der Waals surface area contributed by atoms with Crippen LogP contribution in [0.15, 0.2) is 41.3 Å². The molecule has 0 aliphatic carbocycles. The second-order valence-corrected chi connectivity index (χ2v) is 6.29. The van der Waals surface area contributed by atoms with Crippen molar-refractivity contribution in [3.8, 4) is 5.75 Å². The molecular formula is C14H13N3O3S2. The average Bonchev–Trinajstić information content (AvgIpc) is 2.92. The molecule has 2 aromatic rings. The van der Waals surface area contributed by atoms with Gasteiger partial charge in [0.2, 0.25) is 5.13 Å². The zero-order valence-corrected chi connectivity index (χ0v) is 13.4. The first-order valence-corrected chi connectivity index (χ1v) is 8.05. The molecule has 0 atom stereocenters. The Balaban J connectivity index is 1.98. The number of nitrogens with one attached hydrogen (secondary N) is 1. The molecule has 1 heterocycles. The Morgan fingerprint density at radius 1 is 1.36 bits per heavy atom. The zero-order valence-electron chi connectivity index (χ0n) is 11.7. The van der Waals surface area contributed by atoms with Gasteiger partial charge in [-0.3, -0.25) is 14.9 Å². The summed E-state index contributed by atoms with van der Waals surface area (Å²) in [5.41, 5.74) is 0.436. The number of anilines is 1. The van der Waals surface area contributed by atoms with E-state index in [4.69, 9.17) is 4.74 Å². The number of thioether (sulfide) groups is 1. The first kappa shape index (κ1) is 16.2. The minimum absolute atomic E-state index is 0.300. The van der Waals surface area contributed by atoms with E-state index in [1.807, 2.05) is 0 Å². The van der Waals surface area contributed by atoms with Gasteiger partial charge in [0.15, 0.2) is 4.34 Å². The van der Waals surface area contributed by atoms with Gasteiger partial charge in [0.05, 0.1) is 0 Å². The average molecular weight is 335 g/mol. The summed E-state index contributed by atoms with van der Waals surface area (Å²) in [4.78, 5) is 22.9. The molecule has 22 heavy (non-hydrogen) atoms. The molecule has 0 fully saturated rings. The van der Waals surface area contributed by atoms with Crippen molar-refractivity contribution < 1.29 is 14.3 Å². The molecule has 0 aliphatic heterocycles. The van der Waals surface area contributed by atoms with Gasteiger partial charge < -0.3 is 4.74 Å². The maximum absolute atomic E-state index is 12.1. The maximum Gasteiger partial charge on any atom is 0.308 e. The van der Waals surface area contributed by atoms with E-state index < -0.39 is 5.97 Å². The number of ether oxygens (including phenoxy) is 1. The van der Waals surface area contributed by atoms with Crippen molar-refractivity contribution >= 4 is 40.1 Å². The summed E-state index contributed by atoms with van der Waals surface area (Å²) >= 11 is 2.80. The van der Waals surface area contributed by atoms with E-state index in [2.05, 4.69) is 22.1 Å². The van der Waals surface area contributed by atoms with Crippen LogP contribution in [-0.2, 0) is 4.79 Å². The third-order valence-electron chi connectivity index (χ3n) is 2.33. The normalized spacial score (nSPS) is 10.0. The highest BCUT2D eigenvalue weighted by Gasteiger charge is 2.10. The fourth-order valence-corrected chi connectivity index (χ4v) is 2.97. The number of nitrogens with zero attached hydrogens (tertiary/aromatic N) is 2. The molecule has 0 saturated carbocycles. The van der Waals surface area contributed by atoms with Crippen LogP contribution in [0.25, 0.3) is 0 Å². The van der Waals surface area contributed by atoms with E-state index in [0.29, 0.717) is 16.4 Å². The maximum atomic E-state index is 12.1. The van der Waals surface area contributed by atoms with Crippen LogP contribution in [0.2, 0.25) is 0 Å². The van der Waals surface area contributed by atoms with E-state index >= 15 is 0 Å². The Morgan fingerprint density at radius 2 is 2.09 bits per heavy atom. The molecule has 6 nitrogen and oxygen atoms in total. The number of benzene rings is 1. The summed E-state index contributed by atoms with van der Waals surface area (Å²) in [6.45, 7) is 4.95. The van der Waals surface area contributed by atoms with Crippen LogP contribution in [0.5, 0.6) is 5.75 Å². The number of hydrogen-bond donors (Lipinski definition) is 1. The number of carbonyl (C=O) groups excluding carboxylic acids is 2. The molecule has 0 radical (unpaired) electrons. The van der Waals surface area contributed by atoms with Crippen molar-refractivity contribution in [1.82, 2.24) is 10.2 Å². The van der Waals surface area contributed by atoms with Crippen LogP contribution in [0.3, 0.4) is 0 Å². The molecule has 0 spiro atoms. The van der Waals surface area contributed by atoms with Gasteiger partial charge in [-0.2, -0.15) is 0 Å². The molecular weight excluding hydrogens is 322 g/mol. The van der Waals surface area contributed by atoms with Gasteiger partial charge in [-0.25, -0.2) is 0 Å². The van der Waals surface area contributed by atoms with Gasteiger partial charge in [-0.05, 0) is 24.3 Å². The Kier molecular flexibility index (Phi) is 5.68. The van der Waals surface area contributed by atoms with Gasteiger partial charge in [-0.15, -0.1) is 16.8 Å². The lowest BCUT2D eigenvalue weighted by atomic mass is 10.2. The largest absolute Gasteiger partial charge is 0.427 e. The van der Waals surface area contributed by atoms with Crippen LogP contribution in [0.4, 0.5) is 5.13 Å². The van der Waals surface area contributed by atoms with E-state index in [1.165, 1.54) is 30.0 Å². The highest BCUT2D eigenvalue weighted by atomic mass is 32.2. The van der Waals surface area contributed by atoms with E-state index in [-0.39, 0.29) is 5.91 Å². The fraction of sp³-hybridized carbons (Fsp3) is 0.143. The molecule has 8 heteroatoms. The van der Waals surface area contributed by atoms with Crippen LogP contribution >= 0.6 is 23.1 Å². The highest BCUT2D eigenvalue weighted by molar-refractivity contribution is 8.01. The van der Waals surface area contributed by atoms with Crippen molar-refractivity contribution in [1.29, 1.82) is 0 Å². The lowest BCUT2D eigenvalue weighted by Crippen LogP contribution is -2.11. The minimum atomic E-state index is -0.407. The molecule has 1 N–H and O–H groups in total. The number of rotatable bonds is 6. The summed E-state index contributed by atoms with van der Waals surface area (Å²) in [6, 6.07) is 6.26. The van der Waals surface area contributed by atoms with Crippen molar-refractivity contribution in [3.05, 3.63) is 42.5 Å². The van der Waals surface area contributed by atoms with Gasteiger partial charge >= 0.3 is 5.97 Å². The summed E-state index contributed by atoms with van der Waals surface area (Å²) in [5, 5.41) is 11.0. The second kappa shape index (κ2) is 7.71. The van der Waals surface area contributed by atoms with Crippen LogP contribution < -0.4 is 10.1 Å². The smallest absolute Gasteiger partial charge is 0.308 e. The quantitative estimate of drug-likeness (QED) is 0.287. The summed E-state index contributed by atoms with van der Waals surface area (Å²) < 4.78 is 5.67. The van der Waals surface area contributed by atoms with Gasteiger partial charge in [0.1, 0.15) is 5.75 Å². The molecule has 1 aromatic carbocycles. The van der Waals surface area contributed by atoms with Crippen molar-refractivity contribution in [2.24, 2.45) is 0 Å². The molecule has 0 bridgehead atoms. The zero-order chi connectivity index (χ0) is 15.9. The summed E-state index contributed by atoms with van der Waals surface area (Å²) in [7, 11) is 0. The van der Waals surface area contributed by atoms with E-state index in [9.17, 15) is 9.59 Å². The molecule has 0 saturated heterocycles. The molecule has 0 aliphatic rings. The Labute approximate surface area is 135 Å². The first-order chi connectivity index (χ1) is 10.6. The van der Waals surface area contributed by atoms with Crippen molar-refractivity contribution in [3.63, 3.8) is 0 Å². The van der Waals surface area contributed by atoms with E-state index in [0.717, 1.165) is 10.1 Å². The van der Waals surface area contributed by atoms with Gasteiger partial charge in [0.25, 0.3) is 5.91 Å². The number of esters is 1. The van der Waals surface area contributed by atoms with Gasteiger partial charge in [-0.1, -0.05) is 29.2 Å². The number of aromatic nitrogens is 2. The third kappa shape index (κ3) is 4.68. The van der Waals surface area contributed by atoms with Gasteiger partial charge in [0, 0.05) is 18.2 Å². The monoisotopic (exact) mass is 335 g/mol. The predicted octanol–water partition coefficient (Wildman–Crippen LogP) is 2.99. The van der Waals surface area contributed by atoms with Crippen LogP contribution in [0.1, 0.15) is 17.3 Å². The predicted molar refractivity (Wildman–Crippen MR) is 86.5 cm³/mol.